The van der Waals surface area contributed by atoms with Gasteiger partial charge in [-0.15, -0.1) is 11.3 Å². The van der Waals surface area contributed by atoms with Crippen molar-refractivity contribution in [3.05, 3.63) is 35.4 Å². The quantitative estimate of drug-likeness (QED) is 0.753. The van der Waals surface area contributed by atoms with Crippen LogP contribution >= 0.6 is 11.3 Å². The molecule has 1 N–H and O–H groups in total. The molecule has 0 aromatic carbocycles. The fourth-order valence-corrected chi connectivity index (χ4v) is 7.17. The number of amides is 1. The van der Waals surface area contributed by atoms with Crippen molar-refractivity contribution in [1.82, 2.24) is 24.2 Å². The van der Waals surface area contributed by atoms with Gasteiger partial charge in [-0.1, -0.05) is 0 Å². The number of fused-ring (bicyclic) bond motifs is 1. The molecule has 2 aromatic heterocycles. The Morgan fingerprint density at radius 1 is 1.28 bits per heavy atom. The fraction of sp³-hybridized carbons (Fsp3) is 0.556. The largest absolute Gasteiger partial charge is 0.302 e. The van der Waals surface area contributed by atoms with Gasteiger partial charge >= 0.3 is 0 Å². The first-order valence-corrected chi connectivity index (χ1v) is 11.9. The van der Waals surface area contributed by atoms with E-state index in [-0.39, 0.29) is 17.1 Å². The molecule has 0 bridgehead atoms. The Morgan fingerprint density at radius 3 is 2.86 bits per heavy atom. The number of sulfonamides is 1. The van der Waals surface area contributed by atoms with Crippen LogP contribution in [0.4, 0.5) is 5.13 Å². The van der Waals surface area contributed by atoms with Crippen LogP contribution in [0.5, 0.6) is 0 Å². The van der Waals surface area contributed by atoms with E-state index in [1.807, 2.05) is 0 Å². The molecule has 2 aliphatic heterocycles. The van der Waals surface area contributed by atoms with Crippen molar-refractivity contribution < 1.29 is 13.2 Å². The Balaban J connectivity index is 1.38. The van der Waals surface area contributed by atoms with Gasteiger partial charge in [0.25, 0.3) is 0 Å². The Hall–Kier alpha value is -1.95. The summed E-state index contributed by atoms with van der Waals surface area (Å²) < 4.78 is 27.7. The highest BCUT2D eigenvalue weighted by Gasteiger charge is 2.46. The van der Waals surface area contributed by atoms with Crippen LogP contribution in [0.2, 0.25) is 0 Å². The number of rotatable bonds is 5. The number of thiazole rings is 1. The lowest BCUT2D eigenvalue weighted by Crippen LogP contribution is -2.31. The maximum Gasteiger partial charge on any atom is 0.223 e. The summed E-state index contributed by atoms with van der Waals surface area (Å²) in [4.78, 5) is 26.8. The normalized spacial score (nSPS) is 24.7. The maximum absolute atomic E-state index is 13.1. The molecular formula is C18H24N6O3S2. The zero-order chi connectivity index (χ0) is 20.4. The summed E-state index contributed by atoms with van der Waals surface area (Å²) in [6.45, 7) is 4.64. The van der Waals surface area contributed by atoms with Gasteiger partial charge in [0.05, 0.1) is 17.5 Å². The van der Waals surface area contributed by atoms with Crippen molar-refractivity contribution in [2.75, 3.05) is 25.0 Å². The summed E-state index contributed by atoms with van der Waals surface area (Å²) >= 11 is 1.46. The standard InChI is InChI=1S/C18H24N6O3S2/c1-13(25)22-18-20-8-16(28-18)11-23-6-3-14-9-24(10-15-2-5-19-12-21-15)29(26,27)17(14)4-7-23/h2,5,8,12,14,17H,3-4,6-7,9-11H2,1H3,(H,20,22,25). The Morgan fingerprint density at radius 2 is 2.10 bits per heavy atom. The molecule has 156 valence electrons. The maximum atomic E-state index is 13.1. The van der Waals surface area contributed by atoms with Crippen LogP contribution in [0.3, 0.4) is 0 Å². The van der Waals surface area contributed by atoms with E-state index in [4.69, 9.17) is 0 Å². The summed E-state index contributed by atoms with van der Waals surface area (Å²) in [7, 11) is -3.33. The molecular weight excluding hydrogens is 412 g/mol. The lowest BCUT2D eigenvalue weighted by molar-refractivity contribution is -0.114. The number of carbonyl (C=O) groups excluding carboxylic acids is 1. The monoisotopic (exact) mass is 436 g/mol. The minimum absolute atomic E-state index is 0.134. The predicted molar refractivity (Wildman–Crippen MR) is 110 cm³/mol. The Bertz CT molecular complexity index is 965. The second kappa shape index (κ2) is 8.42. The van der Waals surface area contributed by atoms with Crippen LogP contribution in [0, 0.1) is 5.92 Å². The van der Waals surface area contributed by atoms with Gasteiger partial charge in [-0.2, -0.15) is 4.31 Å². The highest BCUT2D eigenvalue weighted by atomic mass is 32.2. The molecule has 2 unspecified atom stereocenters. The van der Waals surface area contributed by atoms with Crippen molar-refractivity contribution in [2.45, 2.75) is 38.1 Å². The molecule has 2 aromatic rings. The average molecular weight is 437 g/mol. The smallest absolute Gasteiger partial charge is 0.223 e. The number of nitrogens with one attached hydrogen (secondary N) is 1. The summed E-state index contributed by atoms with van der Waals surface area (Å²) in [5.41, 5.74) is 0.724. The summed E-state index contributed by atoms with van der Waals surface area (Å²) in [5, 5.41) is 2.97. The zero-order valence-corrected chi connectivity index (χ0v) is 17.8. The molecule has 11 heteroatoms. The topological polar surface area (TPSA) is 108 Å². The van der Waals surface area contributed by atoms with E-state index in [1.54, 1.807) is 22.8 Å². The molecule has 2 atom stereocenters. The van der Waals surface area contributed by atoms with Crippen molar-refractivity contribution in [1.29, 1.82) is 0 Å². The number of likely N-dealkylation sites (tertiary alicyclic amines) is 1. The second-order valence-corrected chi connectivity index (χ2v) is 10.8. The van der Waals surface area contributed by atoms with Crippen LogP contribution in [0.1, 0.15) is 30.3 Å². The third-order valence-electron chi connectivity index (χ3n) is 5.45. The minimum Gasteiger partial charge on any atom is -0.302 e. The van der Waals surface area contributed by atoms with Gasteiger partial charge in [0.1, 0.15) is 6.33 Å². The molecule has 4 heterocycles. The lowest BCUT2D eigenvalue weighted by atomic mass is 10.0. The second-order valence-electron chi connectivity index (χ2n) is 7.50. The Kier molecular flexibility index (Phi) is 5.91. The molecule has 2 saturated heterocycles. The van der Waals surface area contributed by atoms with Crippen LogP contribution in [0.15, 0.2) is 24.8 Å². The molecule has 0 saturated carbocycles. The van der Waals surface area contributed by atoms with E-state index in [0.29, 0.717) is 24.6 Å². The van der Waals surface area contributed by atoms with E-state index in [2.05, 4.69) is 25.2 Å². The van der Waals surface area contributed by atoms with Crippen molar-refractivity contribution in [2.24, 2.45) is 5.92 Å². The third kappa shape index (κ3) is 4.63. The number of nitrogens with zero attached hydrogens (tertiary/aromatic N) is 5. The van der Waals surface area contributed by atoms with Crippen LogP contribution < -0.4 is 5.32 Å². The van der Waals surface area contributed by atoms with Gasteiger partial charge in [-0.05, 0) is 37.9 Å². The molecule has 0 spiro atoms. The highest BCUT2D eigenvalue weighted by molar-refractivity contribution is 7.90. The van der Waals surface area contributed by atoms with Crippen molar-refractivity contribution >= 4 is 32.4 Å². The number of hydrogen-bond acceptors (Lipinski definition) is 8. The third-order valence-corrected chi connectivity index (χ3v) is 8.73. The number of carbonyl (C=O) groups is 1. The summed E-state index contributed by atoms with van der Waals surface area (Å²) in [6, 6.07) is 1.76. The van der Waals surface area contributed by atoms with Crippen LogP contribution in [0.25, 0.3) is 0 Å². The lowest BCUT2D eigenvalue weighted by Gasteiger charge is -2.21. The molecule has 4 rings (SSSR count). The van der Waals surface area contributed by atoms with Crippen LogP contribution in [-0.4, -0.2) is 63.4 Å². The van der Waals surface area contributed by atoms with E-state index in [1.165, 1.54) is 24.6 Å². The first-order valence-electron chi connectivity index (χ1n) is 9.60. The minimum atomic E-state index is -3.33. The fourth-order valence-electron chi connectivity index (χ4n) is 4.06. The van der Waals surface area contributed by atoms with Gasteiger partial charge in [0, 0.05) is 37.3 Å². The van der Waals surface area contributed by atoms with Gasteiger partial charge < -0.3 is 5.32 Å². The van der Waals surface area contributed by atoms with Gasteiger partial charge in [0.15, 0.2) is 5.13 Å². The molecule has 2 aliphatic rings. The van der Waals surface area contributed by atoms with E-state index in [9.17, 15) is 13.2 Å². The highest BCUT2D eigenvalue weighted by Crippen LogP contribution is 2.35. The van der Waals surface area contributed by atoms with E-state index < -0.39 is 10.0 Å². The molecule has 0 radical (unpaired) electrons. The number of hydrogen-bond donors (Lipinski definition) is 1. The van der Waals surface area contributed by atoms with Gasteiger partial charge in [-0.3, -0.25) is 9.69 Å². The zero-order valence-electron chi connectivity index (χ0n) is 16.2. The summed E-state index contributed by atoms with van der Waals surface area (Å²) in [6.07, 6.45) is 6.34. The first kappa shape index (κ1) is 20.3. The van der Waals surface area contributed by atoms with Gasteiger partial charge in [-0.25, -0.2) is 23.4 Å². The molecule has 0 aliphatic carbocycles. The van der Waals surface area contributed by atoms with E-state index >= 15 is 0 Å². The molecule has 9 nitrogen and oxygen atoms in total. The van der Waals surface area contributed by atoms with Crippen molar-refractivity contribution in [3.63, 3.8) is 0 Å². The number of aromatic nitrogens is 3. The SMILES string of the molecule is CC(=O)Nc1ncc(CN2CCC3CN(Cc4ccncn4)S(=O)(=O)C3CC2)s1. The molecule has 29 heavy (non-hydrogen) atoms. The Labute approximate surface area is 174 Å². The average Bonchev–Trinajstić information content (AvgIpc) is 3.11. The molecule has 1 amide bonds. The van der Waals surface area contributed by atoms with Gasteiger partial charge in [0.2, 0.25) is 15.9 Å². The van der Waals surface area contributed by atoms with Crippen LogP contribution in [-0.2, 0) is 27.9 Å². The summed E-state index contributed by atoms with van der Waals surface area (Å²) in [5.74, 6) is 0.00784. The molecule has 2 fully saturated rings. The number of anilines is 1. The predicted octanol–water partition coefficient (Wildman–Crippen LogP) is 1.32. The van der Waals surface area contributed by atoms with Crippen molar-refractivity contribution in [3.8, 4) is 0 Å². The first-order chi connectivity index (χ1) is 13.9. The van der Waals surface area contributed by atoms with E-state index in [0.717, 1.165) is 36.6 Å².